The molecule has 0 atom stereocenters. The first-order valence-electron chi connectivity index (χ1n) is 6.69. The average molecular weight is 253 g/mol. The van der Waals surface area contributed by atoms with Gasteiger partial charge in [-0.15, -0.1) is 11.8 Å². The summed E-state index contributed by atoms with van der Waals surface area (Å²) in [6, 6.07) is 0.798. The standard InChI is InChI=1S/C13H23N3S/c1-16-11-13(10-15-16)17-9-5-8-14-12-6-3-2-4-7-12/h10-12,14H,2-9H2,1H3. The minimum Gasteiger partial charge on any atom is -0.314 e. The lowest BCUT2D eigenvalue weighted by atomic mass is 9.95. The molecule has 0 amide bonds. The summed E-state index contributed by atoms with van der Waals surface area (Å²) in [7, 11) is 1.97. The highest BCUT2D eigenvalue weighted by Gasteiger charge is 2.11. The van der Waals surface area contributed by atoms with Gasteiger partial charge in [-0.1, -0.05) is 19.3 Å². The second-order valence-electron chi connectivity index (χ2n) is 4.84. The number of hydrogen-bond acceptors (Lipinski definition) is 3. The maximum absolute atomic E-state index is 4.17. The maximum Gasteiger partial charge on any atom is 0.0625 e. The predicted octanol–water partition coefficient (Wildman–Crippen LogP) is 2.82. The van der Waals surface area contributed by atoms with Gasteiger partial charge in [0.25, 0.3) is 0 Å². The third-order valence-corrected chi connectivity index (χ3v) is 4.35. The minimum absolute atomic E-state index is 0.798. The molecule has 0 bridgehead atoms. The average Bonchev–Trinajstić information content (AvgIpc) is 2.76. The van der Waals surface area contributed by atoms with E-state index in [1.54, 1.807) is 0 Å². The van der Waals surface area contributed by atoms with E-state index in [1.165, 1.54) is 49.2 Å². The molecule has 1 saturated carbocycles. The zero-order chi connectivity index (χ0) is 11.9. The highest BCUT2D eigenvalue weighted by atomic mass is 32.2. The van der Waals surface area contributed by atoms with Crippen LogP contribution < -0.4 is 5.32 Å². The van der Waals surface area contributed by atoms with Crippen LogP contribution in [-0.2, 0) is 7.05 Å². The van der Waals surface area contributed by atoms with Crippen molar-refractivity contribution in [2.45, 2.75) is 49.5 Å². The molecule has 1 aliphatic carbocycles. The molecule has 1 aromatic heterocycles. The molecule has 0 unspecified atom stereocenters. The van der Waals surface area contributed by atoms with Crippen LogP contribution in [0.5, 0.6) is 0 Å². The lowest BCUT2D eigenvalue weighted by Crippen LogP contribution is -2.31. The Balaban J connectivity index is 1.51. The Hall–Kier alpha value is -0.480. The van der Waals surface area contributed by atoms with Crippen LogP contribution in [0.25, 0.3) is 0 Å². The molecule has 0 aromatic carbocycles. The normalized spacial score (nSPS) is 17.5. The van der Waals surface area contributed by atoms with Gasteiger partial charge in [-0.2, -0.15) is 5.10 Å². The van der Waals surface area contributed by atoms with E-state index in [0.717, 1.165) is 12.6 Å². The quantitative estimate of drug-likeness (QED) is 0.624. The summed E-state index contributed by atoms with van der Waals surface area (Å²) >= 11 is 1.90. The van der Waals surface area contributed by atoms with Crippen LogP contribution >= 0.6 is 11.8 Å². The number of thioether (sulfide) groups is 1. The van der Waals surface area contributed by atoms with Gasteiger partial charge in [-0.3, -0.25) is 4.68 Å². The van der Waals surface area contributed by atoms with Gasteiger partial charge < -0.3 is 5.32 Å². The van der Waals surface area contributed by atoms with Crippen molar-refractivity contribution in [3.63, 3.8) is 0 Å². The Morgan fingerprint density at radius 3 is 2.94 bits per heavy atom. The monoisotopic (exact) mass is 253 g/mol. The first-order chi connectivity index (χ1) is 8.34. The number of aromatic nitrogens is 2. The van der Waals surface area contributed by atoms with Gasteiger partial charge in [-0.25, -0.2) is 0 Å². The molecule has 0 radical (unpaired) electrons. The highest BCUT2D eigenvalue weighted by molar-refractivity contribution is 7.99. The Labute approximate surface area is 108 Å². The van der Waals surface area contributed by atoms with Crippen LogP contribution in [-0.4, -0.2) is 28.1 Å². The van der Waals surface area contributed by atoms with E-state index in [-0.39, 0.29) is 0 Å². The van der Waals surface area contributed by atoms with E-state index in [4.69, 9.17) is 0 Å². The fourth-order valence-electron chi connectivity index (χ4n) is 2.35. The van der Waals surface area contributed by atoms with Crippen molar-refractivity contribution in [2.24, 2.45) is 7.05 Å². The van der Waals surface area contributed by atoms with Gasteiger partial charge in [-0.05, 0) is 31.6 Å². The van der Waals surface area contributed by atoms with Crippen molar-refractivity contribution in [3.05, 3.63) is 12.4 Å². The lowest BCUT2D eigenvalue weighted by Gasteiger charge is -2.22. The molecule has 0 aliphatic heterocycles. The SMILES string of the molecule is Cn1cc(SCCCNC2CCCCC2)cn1. The van der Waals surface area contributed by atoms with Crippen LogP contribution in [0.3, 0.4) is 0 Å². The summed E-state index contributed by atoms with van der Waals surface area (Å²) in [6.07, 6.45) is 12.3. The third kappa shape index (κ3) is 4.72. The first-order valence-corrected chi connectivity index (χ1v) is 7.68. The molecular weight excluding hydrogens is 230 g/mol. The molecule has 0 saturated heterocycles. The van der Waals surface area contributed by atoms with E-state index < -0.39 is 0 Å². The molecular formula is C13H23N3S. The van der Waals surface area contributed by atoms with E-state index in [1.807, 2.05) is 29.7 Å². The van der Waals surface area contributed by atoms with Crippen LogP contribution in [0.2, 0.25) is 0 Å². The molecule has 1 heterocycles. The van der Waals surface area contributed by atoms with Crippen LogP contribution in [0, 0.1) is 0 Å². The molecule has 2 rings (SSSR count). The van der Waals surface area contributed by atoms with Gasteiger partial charge in [0.15, 0.2) is 0 Å². The highest BCUT2D eigenvalue weighted by Crippen LogP contribution is 2.18. The Bertz CT molecular complexity index is 318. The van der Waals surface area contributed by atoms with Gasteiger partial charge in [0.1, 0.15) is 0 Å². The third-order valence-electron chi connectivity index (χ3n) is 3.31. The molecule has 3 nitrogen and oxygen atoms in total. The second-order valence-corrected chi connectivity index (χ2v) is 6.01. The first kappa shape index (κ1) is 13.0. The van der Waals surface area contributed by atoms with Crippen molar-refractivity contribution in [3.8, 4) is 0 Å². The van der Waals surface area contributed by atoms with Gasteiger partial charge in [0.05, 0.1) is 6.20 Å². The summed E-state index contributed by atoms with van der Waals surface area (Å²) in [5.41, 5.74) is 0. The molecule has 1 fully saturated rings. The zero-order valence-corrected chi connectivity index (χ0v) is 11.5. The molecule has 1 aliphatic rings. The molecule has 17 heavy (non-hydrogen) atoms. The van der Waals surface area contributed by atoms with Crippen molar-refractivity contribution in [1.82, 2.24) is 15.1 Å². The number of rotatable bonds is 6. The van der Waals surface area contributed by atoms with Crippen LogP contribution in [0.4, 0.5) is 0 Å². The van der Waals surface area contributed by atoms with Gasteiger partial charge >= 0.3 is 0 Å². The van der Waals surface area contributed by atoms with Crippen molar-refractivity contribution in [1.29, 1.82) is 0 Å². The molecule has 1 aromatic rings. The lowest BCUT2D eigenvalue weighted by molar-refractivity contribution is 0.375. The Morgan fingerprint density at radius 1 is 1.41 bits per heavy atom. The van der Waals surface area contributed by atoms with Gasteiger partial charge in [0.2, 0.25) is 0 Å². The van der Waals surface area contributed by atoms with E-state index in [2.05, 4.69) is 16.6 Å². The number of nitrogens with one attached hydrogen (secondary N) is 1. The van der Waals surface area contributed by atoms with E-state index in [9.17, 15) is 0 Å². The van der Waals surface area contributed by atoms with Gasteiger partial charge in [0, 0.05) is 24.2 Å². The van der Waals surface area contributed by atoms with Crippen molar-refractivity contribution >= 4 is 11.8 Å². The Kier molecular flexibility index (Phi) is 5.39. The summed E-state index contributed by atoms with van der Waals surface area (Å²) in [4.78, 5) is 1.28. The molecule has 4 heteroatoms. The molecule has 96 valence electrons. The predicted molar refractivity (Wildman–Crippen MR) is 73.4 cm³/mol. The summed E-state index contributed by atoms with van der Waals surface area (Å²) in [5.74, 6) is 1.19. The summed E-state index contributed by atoms with van der Waals surface area (Å²) in [6.45, 7) is 1.16. The van der Waals surface area contributed by atoms with Crippen molar-refractivity contribution in [2.75, 3.05) is 12.3 Å². The molecule has 1 N–H and O–H groups in total. The number of aryl methyl sites for hydroxylation is 1. The number of hydrogen-bond donors (Lipinski definition) is 1. The minimum atomic E-state index is 0.798. The topological polar surface area (TPSA) is 29.9 Å². The van der Waals surface area contributed by atoms with E-state index in [0.29, 0.717) is 0 Å². The fraction of sp³-hybridized carbons (Fsp3) is 0.769. The smallest absolute Gasteiger partial charge is 0.0625 e. The number of nitrogens with zero attached hydrogens (tertiary/aromatic N) is 2. The Morgan fingerprint density at radius 2 is 2.24 bits per heavy atom. The zero-order valence-electron chi connectivity index (χ0n) is 10.7. The summed E-state index contributed by atoms with van der Waals surface area (Å²) in [5, 5.41) is 7.85. The van der Waals surface area contributed by atoms with E-state index >= 15 is 0 Å². The fourth-order valence-corrected chi connectivity index (χ4v) is 3.22. The van der Waals surface area contributed by atoms with Crippen LogP contribution in [0.1, 0.15) is 38.5 Å². The second kappa shape index (κ2) is 7.07. The largest absolute Gasteiger partial charge is 0.314 e. The maximum atomic E-state index is 4.17. The van der Waals surface area contributed by atoms with Crippen molar-refractivity contribution < 1.29 is 0 Å². The van der Waals surface area contributed by atoms with Crippen LogP contribution in [0.15, 0.2) is 17.3 Å². The summed E-state index contributed by atoms with van der Waals surface area (Å²) < 4.78 is 1.86. The molecule has 0 spiro atoms.